The van der Waals surface area contributed by atoms with Crippen LogP contribution in [-0.2, 0) is 9.53 Å². The number of anilines is 1. The SMILES string of the molecule is CC(C)c1cc(NC(=O)C2CCCCN2C(=O)OC(C)(C)C)on1. The number of piperidine rings is 1. The number of ether oxygens (including phenoxy) is 1. The maximum absolute atomic E-state index is 12.6. The summed E-state index contributed by atoms with van der Waals surface area (Å²) in [4.78, 5) is 26.4. The van der Waals surface area contributed by atoms with E-state index >= 15 is 0 Å². The number of aromatic nitrogens is 1. The molecule has 134 valence electrons. The molecule has 1 aromatic heterocycles. The molecule has 1 atom stereocenters. The van der Waals surface area contributed by atoms with Crippen molar-refractivity contribution in [2.75, 3.05) is 11.9 Å². The monoisotopic (exact) mass is 337 g/mol. The molecule has 0 saturated carbocycles. The van der Waals surface area contributed by atoms with E-state index in [0.29, 0.717) is 18.8 Å². The molecule has 1 N–H and O–H groups in total. The van der Waals surface area contributed by atoms with Gasteiger partial charge in [0.1, 0.15) is 11.6 Å². The minimum Gasteiger partial charge on any atom is -0.444 e. The number of carbonyl (C=O) groups is 2. The average Bonchev–Trinajstić information content (AvgIpc) is 2.94. The van der Waals surface area contributed by atoms with E-state index in [1.54, 1.807) is 6.07 Å². The van der Waals surface area contributed by atoms with Gasteiger partial charge in [-0.2, -0.15) is 0 Å². The van der Waals surface area contributed by atoms with Gasteiger partial charge >= 0.3 is 6.09 Å². The lowest BCUT2D eigenvalue weighted by atomic mass is 10.0. The van der Waals surface area contributed by atoms with Gasteiger partial charge in [0.2, 0.25) is 11.8 Å². The average molecular weight is 337 g/mol. The molecule has 1 saturated heterocycles. The minimum absolute atomic E-state index is 0.215. The summed E-state index contributed by atoms with van der Waals surface area (Å²) in [7, 11) is 0. The highest BCUT2D eigenvalue weighted by atomic mass is 16.6. The summed E-state index contributed by atoms with van der Waals surface area (Å²) < 4.78 is 10.6. The van der Waals surface area contributed by atoms with E-state index in [-0.39, 0.29) is 11.8 Å². The van der Waals surface area contributed by atoms with Crippen molar-refractivity contribution in [3.63, 3.8) is 0 Å². The predicted octanol–water partition coefficient (Wildman–Crippen LogP) is 3.53. The van der Waals surface area contributed by atoms with E-state index in [2.05, 4.69) is 10.5 Å². The van der Waals surface area contributed by atoms with Crippen molar-refractivity contribution in [2.45, 2.75) is 71.4 Å². The van der Waals surface area contributed by atoms with Crippen LogP contribution in [0.1, 0.15) is 65.5 Å². The van der Waals surface area contributed by atoms with Gasteiger partial charge in [-0.05, 0) is 46.0 Å². The molecule has 1 aliphatic rings. The fraction of sp³-hybridized carbons (Fsp3) is 0.706. The molecule has 0 spiro atoms. The summed E-state index contributed by atoms with van der Waals surface area (Å²) in [5, 5.41) is 6.64. The van der Waals surface area contributed by atoms with Gasteiger partial charge in [-0.3, -0.25) is 15.0 Å². The minimum atomic E-state index is -0.591. The van der Waals surface area contributed by atoms with E-state index < -0.39 is 17.7 Å². The Kier molecular flexibility index (Phi) is 5.51. The lowest BCUT2D eigenvalue weighted by Crippen LogP contribution is -2.51. The van der Waals surface area contributed by atoms with Gasteiger partial charge in [0.05, 0.1) is 5.69 Å². The Morgan fingerprint density at radius 2 is 2.08 bits per heavy atom. The summed E-state index contributed by atoms with van der Waals surface area (Å²) in [6.07, 6.45) is 1.91. The smallest absolute Gasteiger partial charge is 0.410 e. The standard InChI is InChI=1S/C17H27N3O4/c1-11(2)12-10-14(24-19-12)18-15(21)13-8-6-7-9-20(13)16(22)23-17(3,4)5/h10-11,13H,6-9H2,1-5H3,(H,18,21). The summed E-state index contributed by atoms with van der Waals surface area (Å²) in [5.74, 6) is 0.248. The molecule has 0 aliphatic carbocycles. The highest BCUT2D eigenvalue weighted by Gasteiger charge is 2.35. The van der Waals surface area contributed by atoms with Crippen LogP contribution in [0.4, 0.5) is 10.7 Å². The zero-order valence-electron chi connectivity index (χ0n) is 15.1. The molecule has 0 radical (unpaired) electrons. The van der Waals surface area contributed by atoms with E-state index in [4.69, 9.17) is 9.26 Å². The van der Waals surface area contributed by atoms with Gasteiger partial charge in [-0.15, -0.1) is 0 Å². The number of rotatable bonds is 3. The van der Waals surface area contributed by atoms with Gasteiger partial charge in [0.15, 0.2) is 0 Å². The van der Waals surface area contributed by atoms with Crippen molar-refractivity contribution in [3.8, 4) is 0 Å². The van der Waals surface area contributed by atoms with Crippen LogP contribution in [0.15, 0.2) is 10.6 Å². The molecule has 7 nitrogen and oxygen atoms in total. The van der Waals surface area contributed by atoms with Crippen molar-refractivity contribution in [2.24, 2.45) is 0 Å². The Bertz CT molecular complexity index is 589. The van der Waals surface area contributed by atoms with Crippen LogP contribution < -0.4 is 5.32 Å². The van der Waals surface area contributed by atoms with E-state index in [1.807, 2.05) is 34.6 Å². The zero-order chi connectivity index (χ0) is 17.9. The van der Waals surface area contributed by atoms with Crippen LogP contribution in [0.25, 0.3) is 0 Å². The largest absolute Gasteiger partial charge is 0.444 e. The first-order valence-electron chi connectivity index (χ1n) is 8.44. The number of hydrogen-bond donors (Lipinski definition) is 1. The first-order valence-corrected chi connectivity index (χ1v) is 8.44. The van der Waals surface area contributed by atoms with Gasteiger partial charge < -0.3 is 9.26 Å². The molecule has 1 fully saturated rings. The van der Waals surface area contributed by atoms with E-state index in [1.165, 1.54) is 4.90 Å². The van der Waals surface area contributed by atoms with Gasteiger partial charge in [0.25, 0.3) is 0 Å². The van der Waals surface area contributed by atoms with Crippen molar-refractivity contribution in [1.29, 1.82) is 0 Å². The number of nitrogens with zero attached hydrogens (tertiary/aromatic N) is 2. The fourth-order valence-corrected chi connectivity index (χ4v) is 2.57. The Balaban J connectivity index is 2.05. The van der Waals surface area contributed by atoms with Crippen LogP contribution in [0.5, 0.6) is 0 Å². The highest BCUT2D eigenvalue weighted by molar-refractivity contribution is 5.95. The lowest BCUT2D eigenvalue weighted by molar-refractivity contribution is -0.122. The van der Waals surface area contributed by atoms with Crippen LogP contribution in [0.3, 0.4) is 0 Å². The third kappa shape index (κ3) is 4.72. The molecule has 1 aromatic rings. The molecule has 2 amide bonds. The molecule has 1 unspecified atom stereocenters. The number of nitrogens with one attached hydrogen (secondary N) is 1. The molecule has 24 heavy (non-hydrogen) atoms. The van der Waals surface area contributed by atoms with Crippen molar-refractivity contribution in [3.05, 3.63) is 11.8 Å². The third-order valence-corrected chi connectivity index (χ3v) is 3.80. The molecule has 1 aliphatic heterocycles. The Labute approximate surface area is 142 Å². The Hall–Kier alpha value is -2.05. The van der Waals surface area contributed by atoms with Crippen LogP contribution in [-0.4, -0.2) is 40.2 Å². The first-order chi connectivity index (χ1) is 11.2. The Morgan fingerprint density at radius 3 is 2.67 bits per heavy atom. The number of likely N-dealkylation sites (tertiary alicyclic amines) is 1. The van der Waals surface area contributed by atoms with Crippen molar-refractivity contribution in [1.82, 2.24) is 10.1 Å². The second-order valence-electron chi connectivity index (χ2n) is 7.45. The number of amides is 2. The second-order valence-corrected chi connectivity index (χ2v) is 7.45. The van der Waals surface area contributed by atoms with Crippen LogP contribution >= 0.6 is 0 Å². The summed E-state index contributed by atoms with van der Waals surface area (Å²) in [6.45, 7) is 9.94. The maximum Gasteiger partial charge on any atom is 0.410 e. The zero-order valence-corrected chi connectivity index (χ0v) is 15.1. The Morgan fingerprint density at radius 1 is 1.38 bits per heavy atom. The quantitative estimate of drug-likeness (QED) is 0.912. The van der Waals surface area contributed by atoms with Gasteiger partial charge in [-0.25, -0.2) is 4.79 Å². The summed E-state index contributed by atoms with van der Waals surface area (Å²) in [5.41, 5.74) is 0.185. The molecule has 7 heteroatoms. The molecule has 2 rings (SSSR count). The molecular weight excluding hydrogens is 310 g/mol. The maximum atomic E-state index is 12.6. The van der Waals surface area contributed by atoms with Crippen molar-refractivity contribution >= 4 is 17.9 Å². The first kappa shape index (κ1) is 18.3. The highest BCUT2D eigenvalue weighted by Crippen LogP contribution is 2.23. The normalized spacial score (nSPS) is 18.6. The van der Waals surface area contributed by atoms with Crippen LogP contribution in [0.2, 0.25) is 0 Å². The number of hydrogen-bond acceptors (Lipinski definition) is 5. The van der Waals surface area contributed by atoms with Gasteiger partial charge in [0, 0.05) is 12.6 Å². The van der Waals surface area contributed by atoms with E-state index in [0.717, 1.165) is 18.5 Å². The molecule has 0 aromatic carbocycles. The predicted molar refractivity (Wildman–Crippen MR) is 89.8 cm³/mol. The third-order valence-electron chi connectivity index (χ3n) is 3.80. The fourth-order valence-electron chi connectivity index (χ4n) is 2.57. The van der Waals surface area contributed by atoms with E-state index in [9.17, 15) is 9.59 Å². The molecule has 0 bridgehead atoms. The van der Waals surface area contributed by atoms with Gasteiger partial charge in [-0.1, -0.05) is 19.0 Å². The summed E-state index contributed by atoms with van der Waals surface area (Å²) in [6, 6.07) is 1.16. The lowest BCUT2D eigenvalue weighted by Gasteiger charge is -2.35. The second kappa shape index (κ2) is 7.23. The molecular formula is C17H27N3O4. The van der Waals surface area contributed by atoms with Crippen LogP contribution in [0, 0.1) is 0 Å². The molecule has 2 heterocycles. The summed E-state index contributed by atoms with van der Waals surface area (Å²) >= 11 is 0. The number of carbonyl (C=O) groups excluding carboxylic acids is 2. The topological polar surface area (TPSA) is 84.7 Å². The van der Waals surface area contributed by atoms with Crippen molar-refractivity contribution < 1.29 is 18.8 Å².